The lowest BCUT2D eigenvalue weighted by atomic mass is 10.1. The number of anilines is 2. The van der Waals surface area contributed by atoms with E-state index in [2.05, 4.69) is 5.32 Å². The van der Waals surface area contributed by atoms with E-state index in [1.807, 2.05) is 0 Å². The highest BCUT2D eigenvalue weighted by molar-refractivity contribution is 6.33. The highest BCUT2D eigenvalue weighted by atomic mass is 35.5. The molecule has 0 atom stereocenters. The number of amides is 1. The molecule has 0 saturated heterocycles. The molecule has 2 aromatic carbocycles. The second-order valence-electron chi connectivity index (χ2n) is 5.42. The first-order valence-corrected chi connectivity index (χ1v) is 7.96. The molecule has 10 heteroatoms. The van der Waals surface area contributed by atoms with Gasteiger partial charge in [0.25, 0.3) is 11.6 Å². The third kappa shape index (κ3) is 4.64. The Morgan fingerprint density at radius 3 is 2.67 bits per heavy atom. The highest BCUT2D eigenvalue weighted by Gasteiger charge is 2.20. The van der Waals surface area contributed by atoms with E-state index >= 15 is 0 Å². The van der Waals surface area contributed by atoms with E-state index in [0.717, 1.165) is 0 Å². The average Bonchev–Trinajstić information content (AvgIpc) is 2.63. The molecule has 0 aliphatic heterocycles. The maximum absolute atomic E-state index is 12.2. The van der Waals surface area contributed by atoms with Crippen LogP contribution in [0.25, 0.3) is 0 Å². The number of nitrogens with two attached hydrogens (primary N) is 1. The number of benzene rings is 2. The molecule has 0 spiro atoms. The summed E-state index contributed by atoms with van der Waals surface area (Å²) in [6.07, 6.45) is 0. The quantitative estimate of drug-likeness (QED) is 0.333. The molecule has 2 aromatic rings. The van der Waals surface area contributed by atoms with Crippen LogP contribution in [0.1, 0.15) is 15.9 Å². The van der Waals surface area contributed by atoms with Gasteiger partial charge in [-0.15, -0.1) is 0 Å². The van der Waals surface area contributed by atoms with E-state index in [-0.39, 0.29) is 33.4 Å². The van der Waals surface area contributed by atoms with Gasteiger partial charge in [0, 0.05) is 12.1 Å². The zero-order valence-corrected chi connectivity index (χ0v) is 15.2. The molecule has 0 aliphatic carbocycles. The van der Waals surface area contributed by atoms with E-state index in [0.29, 0.717) is 5.56 Å². The molecule has 2 rings (SSSR count). The zero-order chi connectivity index (χ0) is 20.1. The molecular weight excluding hydrogens is 378 g/mol. The fourth-order valence-electron chi connectivity index (χ4n) is 2.25. The maximum atomic E-state index is 12.2. The smallest absolute Gasteiger partial charge is 0.342 e. The third-order valence-electron chi connectivity index (χ3n) is 3.58. The van der Waals surface area contributed by atoms with Gasteiger partial charge in [0.2, 0.25) is 0 Å². The molecule has 27 heavy (non-hydrogen) atoms. The summed E-state index contributed by atoms with van der Waals surface area (Å²) in [7, 11) is 1.34. The van der Waals surface area contributed by atoms with Crippen LogP contribution in [0.3, 0.4) is 0 Å². The van der Waals surface area contributed by atoms with Gasteiger partial charge in [-0.1, -0.05) is 23.7 Å². The molecule has 0 aliphatic rings. The van der Waals surface area contributed by atoms with Crippen LogP contribution in [0, 0.1) is 17.0 Å². The Morgan fingerprint density at radius 2 is 2.04 bits per heavy atom. The molecule has 1 amide bonds. The number of carbonyl (C=O) groups excluding carboxylic acids is 2. The Hall–Kier alpha value is -3.33. The van der Waals surface area contributed by atoms with Crippen molar-refractivity contribution in [3.8, 4) is 5.75 Å². The van der Waals surface area contributed by atoms with E-state index < -0.39 is 23.4 Å². The lowest BCUT2D eigenvalue weighted by Crippen LogP contribution is -2.22. The van der Waals surface area contributed by atoms with Gasteiger partial charge in [-0.3, -0.25) is 14.9 Å². The number of rotatable bonds is 6. The molecule has 142 valence electrons. The first kappa shape index (κ1) is 20.0. The van der Waals surface area contributed by atoms with Gasteiger partial charge < -0.3 is 20.5 Å². The topological polar surface area (TPSA) is 134 Å². The van der Waals surface area contributed by atoms with Crippen LogP contribution in [0.15, 0.2) is 30.3 Å². The number of nitrogens with one attached hydrogen (secondary N) is 1. The summed E-state index contributed by atoms with van der Waals surface area (Å²) in [4.78, 5) is 34.7. The van der Waals surface area contributed by atoms with E-state index in [1.54, 1.807) is 13.0 Å². The number of hydrogen-bond donors (Lipinski definition) is 2. The maximum Gasteiger partial charge on any atom is 0.342 e. The van der Waals surface area contributed by atoms with Gasteiger partial charge in [-0.2, -0.15) is 0 Å². The molecule has 0 radical (unpaired) electrons. The van der Waals surface area contributed by atoms with Gasteiger partial charge in [-0.05, 0) is 18.6 Å². The fourth-order valence-corrected chi connectivity index (χ4v) is 2.41. The number of hydrogen-bond acceptors (Lipinski definition) is 7. The summed E-state index contributed by atoms with van der Waals surface area (Å²) in [5.74, 6) is -1.46. The number of ether oxygens (including phenoxy) is 2. The van der Waals surface area contributed by atoms with Crippen LogP contribution in [0.5, 0.6) is 5.75 Å². The van der Waals surface area contributed by atoms with Crippen molar-refractivity contribution in [2.24, 2.45) is 0 Å². The standard InChI is InChI=1S/C17H16ClN3O6/c1-9-4-3-5-13(21(24)25)16(9)20-15(22)8-27-17(23)10-6-11(18)12(19)7-14(10)26-2/h3-7H,8,19H2,1-2H3,(H,20,22). The Kier molecular flexibility index (Phi) is 6.19. The zero-order valence-electron chi connectivity index (χ0n) is 14.4. The van der Waals surface area contributed by atoms with Gasteiger partial charge >= 0.3 is 5.97 Å². The Balaban J connectivity index is 2.10. The number of carbonyl (C=O) groups is 2. The molecule has 0 bridgehead atoms. The summed E-state index contributed by atoms with van der Waals surface area (Å²) >= 11 is 5.89. The van der Waals surface area contributed by atoms with Crippen LogP contribution < -0.4 is 15.8 Å². The molecule has 0 aromatic heterocycles. The summed E-state index contributed by atoms with van der Waals surface area (Å²) in [5, 5.41) is 13.6. The van der Waals surface area contributed by atoms with Crippen LogP contribution >= 0.6 is 11.6 Å². The number of halogens is 1. The second-order valence-corrected chi connectivity index (χ2v) is 5.83. The molecule has 0 unspecified atom stereocenters. The first-order chi connectivity index (χ1) is 12.7. The SMILES string of the molecule is COc1cc(N)c(Cl)cc1C(=O)OCC(=O)Nc1c(C)cccc1[N+](=O)[O-]. The lowest BCUT2D eigenvalue weighted by Gasteiger charge is -2.11. The number of nitrogens with zero attached hydrogens (tertiary/aromatic N) is 1. The molecular formula is C17H16ClN3O6. The van der Waals surface area contributed by atoms with Crippen LogP contribution in [-0.2, 0) is 9.53 Å². The van der Waals surface area contributed by atoms with Crippen LogP contribution in [-0.4, -0.2) is 30.5 Å². The second kappa shape index (κ2) is 8.37. The monoisotopic (exact) mass is 393 g/mol. The number of para-hydroxylation sites is 1. The minimum atomic E-state index is -0.858. The van der Waals surface area contributed by atoms with E-state index in [4.69, 9.17) is 26.8 Å². The number of methoxy groups -OCH3 is 1. The molecule has 0 saturated carbocycles. The normalized spacial score (nSPS) is 10.2. The van der Waals surface area contributed by atoms with E-state index in [9.17, 15) is 19.7 Å². The van der Waals surface area contributed by atoms with Crippen LogP contribution in [0.4, 0.5) is 17.1 Å². The Bertz CT molecular complexity index is 916. The van der Waals surface area contributed by atoms with Crippen molar-refractivity contribution in [3.05, 3.63) is 56.6 Å². The number of nitro benzene ring substituents is 1. The van der Waals surface area contributed by atoms with E-state index in [1.165, 1.54) is 31.4 Å². The molecule has 0 heterocycles. The lowest BCUT2D eigenvalue weighted by molar-refractivity contribution is -0.384. The highest BCUT2D eigenvalue weighted by Crippen LogP contribution is 2.30. The van der Waals surface area contributed by atoms with Gasteiger partial charge in [0.15, 0.2) is 6.61 Å². The molecule has 9 nitrogen and oxygen atoms in total. The number of aryl methyl sites for hydroxylation is 1. The number of nitrogen functional groups attached to an aromatic ring is 1. The number of esters is 1. The summed E-state index contributed by atoms with van der Waals surface area (Å²) in [6.45, 7) is 0.950. The Morgan fingerprint density at radius 1 is 1.33 bits per heavy atom. The largest absolute Gasteiger partial charge is 0.496 e. The Labute approximate surface area is 159 Å². The van der Waals surface area contributed by atoms with Gasteiger partial charge in [0.05, 0.1) is 22.7 Å². The fraction of sp³-hybridized carbons (Fsp3) is 0.176. The summed E-state index contributed by atoms with van der Waals surface area (Å²) < 4.78 is 9.99. The molecule has 0 fully saturated rings. The minimum Gasteiger partial charge on any atom is -0.496 e. The van der Waals surface area contributed by atoms with Crippen LogP contribution in [0.2, 0.25) is 5.02 Å². The molecule has 3 N–H and O–H groups in total. The minimum absolute atomic E-state index is 0.00799. The van der Waals surface area contributed by atoms with Crippen molar-refractivity contribution in [1.82, 2.24) is 0 Å². The van der Waals surface area contributed by atoms with Crippen molar-refractivity contribution < 1.29 is 24.0 Å². The summed E-state index contributed by atoms with van der Waals surface area (Å²) in [5.41, 5.74) is 6.12. The van der Waals surface area contributed by atoms with Crippen molar-refractivity contribution in [3.63, 3.8) is 0 Å². The van der Waals surface area contributed by atoms with Gasteiger partial charge in [-0.25, -0.2) is 4.79 Å². The first-order valence-electron chi connectivity index (χ1n) is 7.58. The third-order valence-corrected chi connectivity index (χ3v) is 3.91. The van der Waals surface area contributed by atoms with Crippen molar-refractivity contribution in [2.45, 2.75) is 6.92 Å². The van der Waals surface area contributed by atoms with Gasteiger partial charge in [0.1, 0.15) is 17.0 Å². The summed E-state index contributed by atoms with van der Waals surface area (Å²) in [6, 6.07) is 6.99. The number of nitro groups is 1. The predicted octanol–water partition coefficient (Wildman–Crippen LogP) is 2.94. The predicted molar refractivity (Wildman–Crippen MR) is 99.2 cm³/mol. The van der Waals surface area contributed by atoms with Crippen molar-refractivity contribution in [1.29, 1.82) is 0 Å². The average molecular weight is 394 g/mol. The van der Waals surface area contributed by atoms with Crippen molar-refractivity contribution in [2.75, 3.05) is 24.8 Å². The van der Waals surface area contributed by atoms with Crippen molar-refractivity contribution >= 4 is 40.5 Å².